The standard InChI is InChI=1S/C21H23N5S/c27-21-25-19(17-10-4-5-12-23-17)20(18-11-6-13-24-18)26(21)15-7-14-22-16-8-2-1-3-9-16/h1-6,8-13,19-20,22,24H,7,14-15H2,(H,25,27). The molecule has 3 heterocycles. The van der Waals surface area contributed by atoms with Crippen molar-refractivity contribution >= 4 is 23.0 Å². The molecule has 2 atom stereocenters. The Bertz CT molecular complexity index is 851. The van der Waals surface area contributed by atoms with E-state index in [-0.39, 0.29) is 12.1 Å². The molecule has 1 aromatic carbocycles. The second kappa shape index (κ2) is 8.22. The van der Waals surface area contributed by atoms with Gasteiger partial charge in [-0.2, -0.15) is 0 Å². The van der Waals surface area contributed by atoms with Crippen LogP contribution in [0.3, 0.4) is 0 Å². The van der Waals surface area contributed by atoms with Crippen LogP contribution in [0.15, 0.2) is 73.1 Å². The molecule has 4 rings (SSSR count). The Kier molecular flexibility index (Phi) is 5.34. The minimum atomic E-state index is 0.0411. The predicted octanol–water partition coefficient (Wildman–Crippen LogP) is 3.88. The van der Waals surface area contributed by atoms with Gasteiger partial charge in [-0.15, -0.1) is 0 Å². The molecule has 3 aromatic rings. The van der Waals surface area contributed by atoms with Crippen LogP contribution in [0, 0.1) is 0 Å². The van der Waals surface area contributed by atoms with E-state index < -0.39 is 0 Å². The van der Waals surface area contributed by atoms with Crippen LogP contribution >= 0.6 is 12.2 Å². The minimum absolute atomic E-state index is 0.0411. The summed E-state index contributed by atoms with van der Waals surface area (Å²) in [4.78, 5) is 10.2. The van der Waals surface area contributed by atoms with Gasteiger partial charge < -0.3 is 20.5 Å². The summed E-state index contributed by atoms with van der Waals surface area (Å²) in [6.45, 7) is 1.77. The van der Waals surface area contributed by atoms with Crippen LogP contribution in [0.5, 0.6) is 0 Å². The number of pyridine rings is 1. The van der Waals surface area contributed by atoms with Crippen molar-refractivity contribution in [2.45, 2.75) is 18.5 Å². The highest BCUT2D eigenvalue weighted by atomic mass is 32.1. The second-order valence-electron chi connectivity index (χ2n) is 6.59. The van der Waals surface area contributed by atoms with E-state index in [4.69, 9.17) is 12.2 Å². The first-order valence-electron chi connectivity index (χ1n) is 9.23. The van der Waals surface area contributed by atoms with Crippen molar-refractivity contribution in [1.29, 1.82) is 0 Å². The highest BCUT2D eigenvalue weighted by Gasteiger charge is 2.39. The summed E-state index contributed by atoms with van der Waals surface area (Å²) in [5.41, 5.74) is 3.30. The van der Waals surface area contributed by atoms with Crippen molar-refractivity contribution < 1.29 is 0 Å². The van der Waals surface area contributed by atoms with E-state index in [1.54, 1.807) is 0 Å². The molecular formula is C21H23N5S. The summed E-state index contributed by atoms with van der Waals surface area (Å²) in [5.74, 6) is 0. The van der Waals surface area contributed by atoms with E-state index in [0.717, 1.165) is 41.7 Å². The molecule has 6 heteroatoms. The van der Waals surface area contributed by atoms with Gasteiger partial charge in [-0.1, -0.05) is 24.3 Å². The Balaban J connectivity index is 1.46. The van der Waals surface area contributed by atoms with E-state index in [1.165, 1.54) is 0 Å². The van der Waals surface area contributed by atoms with Crippen molar-refractivity contribution in [2.24, 2.45) is 0 Å². The van der Waals surface area contributed by atoms with Crippen LogP contribution in [0.25, 0.3) is 0 Å². The van der Waals surface area contributed by atoms with Crippen molar-refractivity contribution in [1.82, 2.24) is 20.2 Å². The molecule has 1 aliphatic rings. The number of thiocarbonyl (C=S) groups is 1. The third-order valence-corrected chi connectivity index (χ3v) is 5.17. The molecule has 0 bridgehead atoms. The maximum atomic E-state index is 5.66. The lowest BCUT2D eigenvalue weighted by atomic mass is 10.0. The molecule has 0 amide bonds. The number of para-hydroxylation sites is 1. The van der Waals surface area contributed by atoms with Gasteiger partial charge in [0.15, 0.2) is 5.11 Å². The van der Waals surface area contributed by atoms with Crippen molar-refractivity contribution in [3.05, 3.63) is 84.4 Å². The van der Waals surface area contributed by atoms with Gasteiger partial charge in [-0.25, -0.2) is 0 Å². The van der Waals surface area contributed by atoms with Gasteiger partial charge in [0.2, 0.25) is 0 Å². The average molecular weight is 378 g/mol. The molecule has 0 aliphatic carbocycles. The Morgan fingerprint density at radius 2 is 1.89 bits per heavy atom. The average Bonchev–Trinajstić information content (AvgIpc) is 3.35. The van der Waals surface area contributed by atoms with Crippen LogP contribution in [-0.2, 0) is 0 Å². The van der Waals surface area contributed by atoms with Crippen LogP contribution in [0.4, 0.5) is 5.69 Å². The molecule has 2 unspecified atom stereocenters. The van der Waals surface area contributed by atoms with Gasteiger partial charge in [0.25, 0.3) is 0 Å². The monoisotopic (exact) mass is 377 g/mol. The maximum absolute atomic E-state index is 5.66. The molecule has 0 spiro atoms. The molecule has 1 saturated heterocycles. The number of anilines is 1. The fraction of sp³-hybridized carbons (Fsp3) is 0.238. The summed E-state index contributed by atoms with van der Waals surface area (Å²) in [5, 5.41) is 7.72. The van der Waals surface area contributed by atoms with Crippen molar-refractivity contribution in [3.8, 4) is 0 Å². The van der Waals surface area contributed by atoms with Crippen LogP contribution < -0.4 is 10.6 Å². The fourth-order valence-electron chi connectivity index (χ4n) is 3.55. The number of nitrogens with zero attached hydrogens (tertiary/aromatic N) is 2. The van der Waals surface area contributed by atoms with Crippen molar-refractivity contribution in [3.63, 3.8) is 0 Å². The zero-order valence-corrected chi connectivity index (χ0v) is 15.8. The lowest BCUT2D eigenvalue weighted by molar-refractivity contribution is 0.311. The smallest absolute Gasteiger partial charge is 0.170 e. The summed E-state index contributed by atoms with van der Waals surface area (Å²) < 4.78 is 0. The molecular weight excluding hydrogens is 354 g/mol. The number of benzene rings is 1. The molecule has 138 valence electrons. The highest BCUT2D eigenvalue weighted by molar-refractivity contribution is 7.80. The molecule has 0 radical (unpaired) electrons. The van der Waals surface area contributed by atoms with Gasteiger partial charge >= 0.3 is 0 Å². The first-order valence-corrected chi connectivity index (χ1v) is 9.64. The molecule has 0 saturated carbocycles. The Morgan fingerprint density at radius 1 is 1.04 bits per heavy atom. The lowest BCUT2D eigenvalue weighted by Gasteiger charge is -2.27. The van der Waals surface area contributed by atoms with E-state index in [9.17, 15) is 0 Å². The largest absolute Gasteiger partial charge is 0.385 e. The molecule has 1 aliphatic heterocycles. The van der Waals surface area contributed by atoms with Gasteiger partial charge in [-0.3, -0.25) is 4.98 Å². The zero-order chi connectivity index (χ0) is 18.5. The lowest BCUT2D eigenvalue weighted by Crippen LogP contribution is -2.31. The van der Waals surface area contributed by atoms with Gasteiger partial charge in [0, 0.05) is 36.9 Å². The Hall–Kier alpha value is -2.86. The molecule has 5 nitrogen and oxygen atoms in total. The first-order chi connectivity index (χ1) is 13.3. The third kappa shape index (κ3) is 3.95. The topological polar surface area (TPSA) is 56.0 Å². The first kappa shape index (κ1) is 17.5. The molecule has 2 aromatic heterocycles. The maximum Gasteiger partial charge on any atom is 0.170 e. The number of rotatable bonds is 7. The van der Waals surface area contributed by atoms with Crippen LogP contribution in [0.2, 0.25) is 0 Å². The van der Waals surface area contributed by atoms with Crippen LogP contribution in [0.1, 0.15) is 29.9 Å². The van der Waals surface area contributed by atoms with Gasteiger partial charge in [0.05, 0.1) is 17.8 Å². The third-order valence-electron chi connectivity index (χ3n) is 4.82. The summed E-state index contributed by atoms with van der Waals surface area (Å²) in [6, 6.07) is 20.6. The number of hydrogen-bond acceptors (Lipinski definition) is 3. The fourth-order valence-corrected chi connectivity index (χ4v) is 3.88. The Morgan fingerprint density at radius 3 is 2.63 bits per heavy atom. The molecule has 27 heavy (non-hydrogen) atoms. The predicted molar refractivity (Wildman–Crippen MR) is 113 cm³/mol. The van der Waals surface area contributed by atoms with E-state index in [2.05, 4.69) is 49.8 Å². The quantitative estimate of drug-likeness (QED) is 0.431. The summed E-state index contributed by atoms with van der Waals surface area (Å²) >= 11 is 5.66. The van der Waals surface area contributed by atoms with E-state index in [0.29, 0.717) is 0 Å². The highest BCUT2D eigenvalue weighted by Crippen LogP contribution is 2.37. The number of hydrogen-bond donors (Lipinski definition) is 3. The van der Waals surface area contributed by atoms with Crippen LogP contribution in [-0.4, -0.2) is 33.1 Å². The Labute approximate surface area is 164 Å². The molecule has 3 N–H and O–H groups in total. The minimum Gasteiger partial charge on any atom is -0.385 e. The molecule has 1 fully saturated rings. The SMILES string of the molecule is S=C1NC(c2ccccn2)C(c2ccc[nH]2)N1CCCNc1ccccc1. The number of aromatic amines is 1. The summed E-state index contributed by atoms with van der Waals surface area (Å²) in [6.07, 6.45) is 4.78. The second-order valence-corrected chi connectivity index (χ2v) is 6.98. The summed E-state index contributed by atoms with van der Waals surface area (Å²) in [7, 11) is 0. The number of nitrogens with one attached hydrogen (secondary N) is 3. The zero-order valence-electron chi connectivity index (χ0n) is 15.0. The van der Waals surface area contributed by atoms with E-state index in [1.807, 2.05) is 48.8 Å². The van der Waals surface area contributed by atoms with Gasteiger partial charge in [-0.05, 0) is 55.0 Å². The van der Waals surface area contributed by atoms with E-state index >= 15 is 0 Å². The normalized spacial score (nSPS) is 19.1. The number of aromatic nitrogens is 2. The van der Waals surface area contributed by atoms with Crippen molar-refractivity contribution in [2.75, 3.05) is 18.4 Å². The van der Waals surface area contributed by atoms with Gasteiger partial charge in [0.1, 0.15) is 0 Å². The number of H-pyrrole nitrogens is 1.